The highest BCUT2D eigenvalue weighted by Crippen LogP contribution is 2.36. The summed E-state index contributed by atoms with van der Waals surface area (Å²) < 4.78 is 5.42. The fourth-order valence-corrected chi connectivity index (χ4v) is 1.90. The number of benzene rings is 1. The lowest BCUT2D eigenvalue weighted by molar-refractivity contribution is 0.292. The van der Waals surface area contributed by atoms with Gasteiger partial charge in [-0.2, -0.15) is 0 Å². The van der Waals surface area contributed by atoms with E-state index < -0.39 is 0 Å². The SMILES string of the molecule is COc1ccc(C(C)C)cc1C(N)C(C)(C)CN. The first-order valence-corrected chi connectivity index (χ1v) is 6.47. The highest BCUT2D eigenvalue weighted by atomic mass is 16.5. The molecule has 0 spiro atoms. The van der Waals surface area contributed by atoms with Gasteiger partial charge in [-0.05, 0) is 29.5 Å². The van der Waals surface area contributed by atoms with E-state index in [0.717, 1.165) is 11.3 Å². The zero-order valence-corrected chi connectivity index (χ0v) is 12.2. The summed E-state index contributed by atoms with van der Waals surface area (Å²) in [7, 11) is 1.68. The van der Waals surface area contributed by atoms with Gasteiger partial charge in [0.2, 0.25) is 0 Å². The van der Waals surface area contributed by atoms with E-state index in [2.05, 4.69) is 39.8 Å². The van der Waals surface area contributed by atoms with Crippen molar-refractivity contribution >= 4 is 0 Å². The van der Waals surface area contributed by atoms with Gasteiger partial charge < -0.3 is 16.2 Å². The minimum absolute atomic E-state index is 0.129. The van der Waals surface area contributed by atoms with Gasteiger partial charge in [-0.1, -0.05) is 39.8 Å². The molecule has 0 aliphatic rings. The van der Waals surface area contributed by atoms with Gasteiger partial charge in [-0.15, -0.1) is 0 Å². The van der Waals surface area contributed by atoms with E-state index in [1.807, 2.05) is 6.07 Å². The van der Waals surface area contributed by atoms with Gasteiger partial charge in [0.25, 0.3) is 0 Å². The van der Waals surface area contributed by atoms with Gasteiger partial charge in [0, 0.05) is 11.6 Å². The van der Waals surface area contributed by atoms with Crippen LogP contribution >= 0.6 is 0 Å². The van der Waals surface area contributed by atoms with E-state index >= 15 is 0 Å². The molecule has 1 aromatic rings. The van der Waals surface area contributed by atoms with Crippen LogP contribution in [0.3, 0.4) is 0 Å². The molecule has 0 aromatic heterocycles. The lowest BCUT2D eigenvalue weighted by Gasteiger charge is -2.31. The largest absolute Gasteiger partial charge is 0.496 e. The Kier molecular flexibility index (Phi) is 4.77. The first-order valence-electron chi connectivity index (χ1n) is 6.47. The van der Waals surface area contributed by atoms with Crippen molar-refractivity contribution < 1.29 is 4.74 Å². The quantitative estimate of drug-likeness (QED) is 0.844. The molecule has 1 rings (SSSR count). The molecule has 0 fully saturated rings. The average Bonchev–Trinajstić information content (AvgIpc) is 2.36. The Morgan fingerprint density at radius 3 is 2.33 bits per heavy atom. The van der Waals surface area contributed by atoms with Crippen LogP contribution in [-0.4, -0.2) is 13.7 Å². The molecule has 1 unspecified atom stereocenters. The predicted octanol–water partition coefficient (Wildman–Crippen LogP) is 2.80. The summed E-state index contributed by atoms with van der Waals surface area (Å²) in [6.45, 7) is 9.05. The van der Waals surface area contributed by atoms with Crippen molar-refractivity contribution in [1.29, 1.82) is 0 Å². The minimum atomic E-state index is -0.150. The standard InChI is InChI=1S/C15H26N2O/c1-10(2)11-6-7-13(18-5)12(8-11)14(17)15(3,4)9-16/h6-8,10,14H,9,16-17H2,1-5H3. The molecule has 4 N–H and O–H groups in total. The molecule has 0 saturated carbocycles. The van der Waals surface area contributed by atoms with Gasteiger partial charge in [0.05, 0.1) is 7.11 Å². The molecule has 0 bridgehead atoms. The molecule has 0 saturated heterocycles. The molecule has 102 valence electrons. The van der Waals surface area contributed by atoms with Crippen LogP contribution in [-0.2, 0) is 0 Å². The van der Waals surface area contributed by atoms with Crippen molar-refractivity contribution in [3.63, 3.8) is 0 Å². The maximum atomic E-state index is 6.37. The third-order valence-corrected chi connectivity index (χ3v) is 3.62. The van der Waals surface area contributed by atoms with Gasteiger partial charge in [0.15, 0.2) is 0 Å². The molecule has 1 aromatic carbocycles. The van der Waals surface area contributed by atoms with Crippen molar-refractivity contribution in [3.8, 4) is 5.75 Å². The van der Waals surface area contributed by atoms with Crippen LogP contribution in [0.1, 0.15) is 50.8 Å². The van der Waals surface area contributed by atoms with Crippen molar-refractivity contribution in [2.75, 3.05) is 13.7 Å². The predicted molar refractivity (Wildman–Crippen MR) is 76.8 cm³/mol. The molecule has 0 heterocycles. The zero-order valence-electron chi connectivity index (χ0n) is 12.2. The molecule has 0 aliphatic carbocycles. The third kappa shape index (κ3) is 3.03. The van der Waals surface area contributed by atoms with E-state index in [-0.39, 0.29) is 11.5 Å². The van der Waals surface area contributed by atoms with Crippen LogP contribution in [0.2, 0.25) is 0 Å². The Balaban J connectivity index is 3.23. The maximum absolute atomic E-state index is 6.37. The summed E-state index contributed by atoms with van der Waals surface area (Å²) in [4.78, 5) is 0. The summed E-state index contributed by atoms with van der Waals surface area (Å²) in [5, 5.41) is 0. The first-order chi connectivity index (χ1) is 8.33. The van der Waals surface area contributed by atoms with Crippen LogP contribution in [0.15, 0.2) is 18.2 Å². The molecule has 3 nitrogen and oxygen atoms in total. The van der Waals surface area contributed by atoms with Crippen LogP contribution in [0.25, 0.3) is 0 Å². The Bertz CT molecular complexity index is 399. The van der Waals surface area contributed by atoms with Crippen LogP contribution < -0.4 is 16.2 Å². The fourth-order valence-electron chi connectivity index (χ4n) is 1.90. The molecule has 1 atom stereocenters. The molecule has 18 heavy (non-hydrogen) atoms. The van der Waals surface area contributed by atoms with E-state index in [4.69, 9.17) is 16.2 Å². The number of rotatable bonds is 5. The Labute approximate surface area is 111 Å². The normalized spacial score (nSPS) is 13.8. The van der Waals surface area contributed by atoms with Gasteiger partial charge in [0.1, 0.15) is 5.75 Å². The topological polar surface area (TPSA) is 61.3 Å². The smallest absolute Gasteiger partial charge is 0.123 e. The van der Waals surface area contributed by atoms with Crippen LogP contribution in [0.5, 0.6) is 5.75 Å². The molecule has 0 radical (unpaired) electrons. The first kappa shape index (κ1) is 15.0. The number of nitrogens with two attached hydrogens (primary N) is 2. The number of methoxy groups -OCH3 is 1. The molecule has 0 amide bonds. The minimum Gasteiger partial charge on any atom is -0.496 e. The highest BCUT2D eigenvalue weighted by molar-refractivity contribution is 5.41. The monoisotopic (exact) mass is 250 g/mol. The van der Waals surface area contributed by atoms with Gasteiger partial charge in [-0.3, -0.25) is 0 Å². The molecule has 0 aliphatic heterocycles. The van der Waals surface area contributed by atoms with E-state index in [0.29, 0.717) is 12.5 Å². The summed E-state index contributed by atoms with van der Waals surface area (Å²) in [6.07, 6.45) is 0. The van der Waals surface area contributed by atoms with E-state index in [9.17, 15) is 0 Å². The average molecular weight is 250 g/mol. The summed E-state index contributed by atoms with van der Waals surface area (Å²) in [5.41, 5.74) is 14.3. The van der Waals surface area contributed by atoms with Crippen molar-refractivity contribution in [2.24, 2.45) is 16.9 Å². The lowest BCUT2D eigenvalue weighted by Crippen LogP contribution is -2.36. The second kappa shape index (κ2) is 5.72. The Morgan fingerprint density at radius 1 is 1.28 bits per heavy atom. The van der Waals surface area contributed by atoms with Crippen molar-refractivity contribution in [3.05, 3.63) is 29.3 Å². The van der Waals surface area contributed by atoms with Gasteiger partial charge in [-0.25, -0.2) is 0 Å². The number of ether oxygens (including phenoxy) is 1. The zero-order chi connectivity index (χ0) is 13.9. The summed E-state index contributed by atoms with van der Waals surface area (Å²) in [5.74, 6) is 1.32. The Hall–Kier alpha value is -1.06. The fraction of sp³-hybridized carbons (Fsp3) is 0.600. The van der Waals surface area contributed by atoms with Crippen LogP contribution in [0, 0.1) is 5.41 Å². The Morgan fingerprint density at radius 2 is 1.89 bits per heavy atom. The maximum Gasteiger partial charge on any atom is 0.123 e. The highest BCUT2D eigenvalue weighted by Gasteiger charge is 2.28. The van der Waals surface area contributed by atoms with E-state index in [1.165, 1.54) is 5.56 Å². The molecular formula is C15H26N2O. The second-order valence-corrected chi connectivity index (χ2v) is 5.83. The molecular weight excluding hydrogens is 224 g/mol. The lowest BCUT2D eigenvalue weighted by atomic mass is 9.80. The van der Waals surface area contributed by atoms with Crippen LogP contribution in [0.4, 0.5) is 0 Å². The van der Waals surface area contributed by atoms with Crippen molar-refractivity contribution in [1.82, 2.24) is 0 Å². The second-order valence-electron chi connectivity index (χ2n) is 5.83. The summed E-state index contributed by atoms with van der Waals surface area (Å²) >= 11 is 0. The van der Waals surface area contributed by atoms with Gasteiger partial charge >= 0.3 is 0 Å². The third-order valence-electron chi connectivity index (χ3n) is 3.62. The van der Waals surface area contributed by atoms with Crippen molar-refractivity contribution in [2.45, 2.75) is 39.7 Å². The number of hydrogen-bond donors (Lipinski definition) is 2. The summed E-state index contributed by atoms with van der Waals surface area (Å²) in [6, 6.07) is 6.11. The number of hydrogen-bond acceptors (Lipinski definition) is 3. The van der Waals surface area contributed by atoms with E-state index in [1.54, 1.807) is 7.11 Å². The molecule has 3 heteroatoms.